The summed E-state index contributed by atoms with van der Waals surface area (Å²) >= 11 is 0. The highest BCUT2D eigenvalue weighted by molar-refractivity contribution is 5.69. The van der Waals surface area contributed by atoms with E-state index in [1.165, 1.54) is 5.56 Å². The zero-order chi connectivity index (χ0) is 17.4. The van der Waals surface area contributed by atoms with Gasteiger partial charge in [-0.1, -0.05) is 13.8 Å². The number of anilines is 1. The van der Waals surface area contributed by atoms with Gasteiger partial charge in [-0.15, -0.1) is 0 Å². The molecule has 1 N–H and O–H groups in total. The van der Waals surface area contributed by atoms with Crippen LogP contribution in [0, 0.1) is 11.3 Å². The van der Waals surface area contributed by atoms with Gasteiger partial charge in [0.1, 0.15) is 6.07 Å². The highest BCUT2D eigenvalue weighted by atomic mass is 16.5. The lowest BCUT2D eigenvalue weighted by Crippen LogP contribution is -2.40. The summed E-state index contributed by atoms with van der Waals surface area (Å²) in [4.78, 5) is 4.65. The lowest BCUT2D eigenvalue weighted by Gasteiger charge is -2.29. The molecular formula is C19H19N5O. The molecule has 6 nitrogen and oxygen atoms in total. The highest BCUT2D eigenvalue weighted by Crippen LogP contribution is 2.30. The van der Waals surface area contributed by atoms with Crippen molar-refractivity contribution >= 4 is 11.2 Å². The zero-order valence-electron chi connectivity index (χ0n) is 14.2. The summed E-state index contributed by atoms with van der Waals surface area (Å²) in [6.45, 7) is 5.80. The van der Waals surface area contributed by atoms with Crippen LogP contribution in [0.5, 0.6) is 0 Å². The van der Waals surface area contributed by atoms with Gasteiger partial charge in [-0.3, -0.25) is 4.98 Å². The first-order valence-corrected chi connectivity index (χ1v) is 8.38. The number of nitriles is 1. The molecule has 1 saturated heterocycles. The fourth-order valence-corrected chi connectivity index (χ4v) is 2.98. The summed E-state index contributed by atoms with van der Waals surface area (Å²) in [5.41, 5.74) is 5.47. The van der Waals surface area contributed by atoms with Crippen molar-refractivity contribution in [1.29, 1.82) is 5.26 Å². The molecule has 0 spiro atoms. The van der Waals surface area contributed by atoms with E-state index in [4.69, 9.17) is 10.00 Å². The summed E-state index contributed by atoms with van der Waals surface area (Å²) in [6.07, 6.45) is 3.51. The second-order valence-corrected chi connectivity index (χ2v) is 6.60. The lowest BCUT2D eigenvalue weighted by atomic mass is 10.0. The lowest BCUT2D eigenvalue weighted by molar-refractivity contribution is 0.0210. The molecule has 6 heteroatoms. The van der Waals surface area contributed by atoms with E-state index in [-0.39, 0.29) is 0 Å². The topological polar surface area (TPSA) is 75.2 Å². The molecule has 0 bridgehead atoms. The molecule has 1 aliphatic rings. The molecule has 1 fully saturated rings. The molecule has 0 amide bonds. The van der Waals surface area contributed by atoms with E-state index in [0.717, 1.165) is 35.8 Å². The van der Waals surface area contributed by atoms with Gasteiger partial charge in [-0.25, -0.2) is 4.52 Å². The van der Waals surface area contributed by atoms with Gasteiger partial charge in [-0.05, 0) is 35.7 Å². The van der Waals surface area contributed by atoms with Crippen LogP contribution in [0.1, 0.15) is 30.9 Å². The average molecular weight is 333 g/mol. The summed E-state index contributed by atoms with van der Waals surface area (Å²) in [6, 6.07) is 10.3. The number of pyridine rings is 1. The third kappa shape index (κ3) is 2.83. The number of hydrogen-bond acceptors (Lipinski definition) is 5. The zero-order valence-corrected chi connectivity index (χ0v) is 14.2. The second-order valence-electron chi connectivity index (χ2n) is 6.60. The predicted octanol–water partition coefficient (Wildman–Crippen LogP) is 3.20. The minimum atomic E-state index is 0.355. The monoisotopic (exact) mass is 333 g/mol. The third-order valence-corrected chi connectivity index (χ3v) is 4.45. The maximum atomic E-state index is 9.02. The quantitative estimate of drug-likeness (QED) is 0.793. The van der Waals surface area contributed by atoms with Crippen molar-refractivity contribution in [1.82, 2.24) is 14.6 Å². The normalized spacial score (nSPS) is 14.5. The van der Waals surface area contributed by atoms with Crippen molar-refractivity contribution in [3.05, 3.63) is 47.8 Å². The smallest absolute Gasteiger partial charge is 0.101 e. The van der Waals surface area contributed by atoms with E-state index in [9.17, 15) is 0 Å². The molecule has 3 aromatic heterocycles. The Morgan fingerprint density at radius 1 is 1.28 bits per heavy atom. The Morgan fingerprint density at radius 2 is 2.12 bits per heavy atom. The SMILES string of the molecule is CC(C)c1cnc(-c2ccc3cc(C#N)cnn23)cc1NC1COC1. The molecule has 0 radical (unpaired) electrons. The Morgan fingerprint density at radius 3 is 2.80 bits per heavy atom. The average Bonchev–Trinajstić information content (AvgIpc) is 3.00. The van der Waals surface area contributed by atoms with Crippen molar-refractivity contribution < 1.29 is 4.74 Å². The van der Waals surface area contributed by atoms with Crippen molar-refractivity contribution in [2.45, 2.75) is 25.8 Å². The first kappa shape index (κ1) is 15.6. The molecule has 25 heavy (non-hydrogen) atoms. The molecule has 4 heterocycles. The van der Waals surface area contributed by atoms with Gasteiger partial charge in [0.15, 0.2) is 0 Å². The molecule has 126 valence electrons. The summed E-state index contributed by atoms with van der Waals surface area (Å²) in [5.74, 6) is 0.380. The minimum Gasteiger partial charge on any atom is -0.377 e. The van der Waals surface area contributed by atoms with Gasteiger partial charge >= 0.3 is 0 Å². The van der Waals surface area contributed by atoms with Crippen molar-refractivity contribution in [2.75, 3.05) is 18.5 Å². The van der Waals surface area contributed by atoms with Gasteiger partial charge in [0.25, 0.3) is 0 Å². The van der Waals surface area contributed by atoms with Gasteiger partial charge in [-0.2, -0.15) is 10.4 Å². The van der Waals surface area contributed by atoms with Crippen molar-refractivity contribution in [3.63, 3.8) is 0 Å². The van der Waals surface area contributed by atoms with Crippen LogP contribution in [-0.2, 0) is 4.74 Å². The van der Waals surface area contributed by atoms with E-state index in [2.05, 4.69) is 41.4 Å². The maximum Gasteiger partial charge on any atom is 0.101 e. The fourth-order valence-electron chi connectivity index (χ4n) is 2.98. The van der Waals surface area contributed by atoms with Crippen LogP contribution in [0.2, 0.25) is 0 Å². The van der Waals surface area contributed by atoms with Crippen LogP contribution >= 0.6 is 0 Å². The van der Waals surface area contributed by atoms with E-state index < -0.39 is 0 Å². The van der Waals surface area contributed by atoms with Crippen LogP contribution in [-0.4, -0.2) is 33.9 Å². The first-order valence-electron chi connectivity index (χ1n) is 8.38. The molecule has 3 aromatic rings. The number of ether oxygens (including phenoxy) is 1. The Labute approximate surface area is 146 Å². The number of fused-ring (bicyclic) bond motifs is 1. The molecule has 1 aliphatic heterocycles. The highest BCUT2D eigenvalue weighted by Gasteiger charge is 2.21. The molecule has 0 saturated carbocycles. The van der Waals surface area contributed by atoms with Crippen LogP contribution < -0.4 is 5.32 Å². The summed E-state index contributed by atoms with van der Waals surface area (Å²) in [7, 11) is 0. The Kier molecular flexibility index (Phi) is 3.86. The van der Waals surface area contributed by atoms with Crippen LogP contribution in [0.4, 0.5) is 5.69 Å². The molecule has 0 aliphatic carbocycles. The summed E-state index contributed by atoms with van der Waals surface area (Å²) < 4.78 is 7.08. The Bertz CT molecular complexity index is 966. The number of nitrogens with one attached hydrogen (secondary N) is 1. The van der Waals surface area contributed by atoms with Crippen LogP contribution in [0.15, 0.2) is 36.7 Å². The third-order valence-electron chi connectivity index (χ3n) is 4.45. The van der Waals surface area contributed by atoms with E-state index in [0.29, 0.717) is 17.5 Å². The second kappa shape index (κ2) is 6.19. The summed E-state index contributed by atoms with van der Waals surface area (Å²) in [5, 5.41) is 17.0. The number of rotatable bonds is 4. The maximum absolute atomic E-state index is 9.02. The largest absolute Gasteiger partial charge is 0.377 e. The van der Waals surface area contributed by atoms with Crippen molar-refractivity contribution in [3.8, 4) is 17.5 Å². The number of hydrogen-bond donors (Lipinski definition) is 1. The number of aromatic nitrogens is 3. The standard InChI is InChI=1S/C19H19N5O/c1-12(2)16-9-21-18(6-17(16)23-14-10-25-11-14)19-4-3-15-5-13(7-20)8-22-24(15)19/h3-6,8-9,12,14H,10-11H2,1-2H3,(H,21,23). The van der Waals surface area contributed by atoms with Gasteiger partial charge in [0, 0.05) is 11.9 Å². The van der Waals surface area contributed by atoms with E-state index in [1.807, 2.05) is 28.9 Å². The van der Waals surface area contributed by atoms with Gasteiger partial charge in [0.05, 0.1) is 47.9 Å². The molecule has 0 aromatic carbocycles. The molecule has 4 rings (SSSR count). The van der Waals surface area contributed by atoms with Crippen molar-refractivity contribution in [2.24, 2.45) is 0 Å². The van der Waals surface area contributed by atoms with E-state index >= 15 is 0 Å². The molecule has 0 unspecified atom stereocenters. The van der Waals surface area contributed by atoms with Gasteiger partial charge < -0.3 is 10.1 Å². The van der Waals surface area contributed by atoms with Gasteiger partial charge in [0.2, 0.25) is 0 Å². The van der Waals surface area contributed by atoms with Crippen LogP contribution in [0.3, 0.4) is 0 Å². The predicted molar refractivity (Wildman–Crippen MR) is 95.5 cm³/mol. The molecule has 0 atom stereocenters. The fraction of sp³-hybridized carbons (Fsp3) is 0.316. The first-order chi connectivity index (χ1) is 12.2. The van der Waals surface area contributed by atoms with E-state index in [1.54, 1.807) is 6.20 Å². The minimum absolute atomic E-state index is 0.355. The Balaban J connectivity index is 1.77. The Hall–Kier alpha value is -2.91. The van der Waals surface area contributed by atoms with Crippen LogP contribution in [0.25, 0.3) is 16.9 Å². The number of nitrogens with zero attached hydrogens (tertiary/aromatic N) is 4. The molecular weight excluding hydrogens is 314 g/mol.